The molecule has 0 radical (unpaired) electrons. The summed E-state index contributed by atoms with van der Waals surface area (Å²) < 4.78 is 22.3. The van der Waals surface area contributed by atoms with E-state index in [0.29, 0.717) is 24.3 Å². The van der Waals surface area contributed by atoms with E-state index in [-0.39, 0.29) is 35.1 Å². The Morgan fingerprint density at radius 2 is 1.88 bits per heavy atom. The van der Waals surface area contributed by atoms with Crippen LogP contribution in [0.4, 0.5) is 10.1 Å². The molecule has 1 aromatic heterocycles. The monoisotopic (exact) mass is 446 g/mol. The molecule has 172 valence electrons. The molecule has 0 N–H and O–H groups in total. The number of hydrogen-bond donors (Lipinski definition) is 0. The van der Waals surface area contributed by atoms with Crippen molar-refractivity contribution in [1.29, 1.82) is 0 Å². The number of carbonyl (C=O) groups excluding carboxylic acids is 1. The van der Waals surface area contributed by atoms with Crippen LogP contribution in [0.5, 0.6) is 0 Å². The molecule has 0 spiro atoms. The molecular formula is C21H25FN5O5-. The third-order valence-electron chi connectivity index (χ3n) is 5.57. The van der Waals surface area contributed by atoms with E-state index in [1.165, 1.54) is 17.3 Å². The third kappa shape index (κ3) is 4.19. The number of benzene rings is 1. The number of aromatic nitrogens is 1. The van der Waals surface area contributed by atoms with E-state index in [1.807, 2.05) is 4.57 Å². The molecule has 0 amide bonds. The maximum absolute atomic E-state index is 15.1. The lowest BCUT2D eigenvalue weighted by atomic mass is 10.1. The third-order valence-corrected chi connectivity index (χ3v) is 5.57. The number of piperazine rings is 1. The Hall–Kier alpha value is -3.37. The number of anilines is 1. The smallest absolute Gasteiger partial charge is 0.344 e. The molecule has 1 aromatic carbocycles. The summed E-state index contributed by atoms with van der Waals surface area (Å²) in [4.78, 5) is 27.4. The molecule has 0 bridgehead atoms. The Bertz CT molecular complexity index is 1140. The molecule has 1 aliphatic carbocycles. The number of hydrazine groups is 1. The topological polar surface area (TPSA) is 116 Å². The Labute approximate surface area is 183 Å². The van der Waals surface area contributed by atoms with Crippen molar-refractivity contribution in [2.24, 2.45) is 5.28 Å². The Morgan fingerprint density at radius 1 is 1.22 bits per heavy atom. The molecule has 2 aromatic rings. The fourth-order valence-corrected chi connectivity index (χ4v) is 3.89. The van der Waals surface area contributed by atoms with Crippen LogP contribution in [0, 0.1) is 16.2 Å². The molecule has 2 heterocycles. The second-order valence-electron chi connectivity index (χ2n) is 9.11. The highest BCUT2D eigenvalue weighted by Crippen LogP contribution is 2.38. The van der Waals surface area contributed by atoms with Crippen LogP contribution in [0.25, 0.3) is 10.9 Å². The van der Waals surface area contributed by atoms with Crippen molar-refractivity contribution >= 4 is 22.6 Å². The maximum Gasteiger partial charge on any atom is 0.344 e. The second kappa shape index (κ2) is 7.95. The maximum atomic E-state index is 15.1. The van der Waals surface area contributed by atoms with Gasteiger partial charge in [-0.2, -0.15) is 0 Å². The average molecular weight is 446 g/mol. The minimum atomic E-state index is -0.765. The predicted octanol–water partition coefficient (Wildman–Crippen LogP) is 2.93. The van der Waals surface area contributed by atoms with Crippen LogP contribution in [0.3, 0.4) is 0 Å². The summed E-state index contributed by atoms with van der Waals surface area (Å²) in [5.74, 6) is -1.33. The highest BCUT2D eigenvalue weighted by Gasteiger charge is 2.30. The molecule has 32 heavy (non-hydrogen) atoms. The fraction of sp³-hybridized carbons (Fsp3) is 0.524. The zero-order chi connectivity index (χ0) is 23.2. The van der Waals surface area contributed by atoms with Crippen molar-refractivity contribution < 1.29 is 18.9 Å². The van der Waals surface area contributed by atoms with E-state index < -0.39 is 22.8 Å². The largest absolute Gasteiger partial charge is 0.737 e. The normalized spacial score (nSPS) is 17.7. The number of halogens is 1. The van der Waals surface area contributed by atoms with E-state index in [4.69, 9.17) is 4.74 Å². The van der Waals surface area contributed by atoms with Gasteiger partial charge in [-0.05, 0) is 51.0 Å². The van der Waals surface area contributed by atoms with E-state index in [0.717, 1.165) is 12.8 Å². The molecule has 1 aliphatic heterocycles. The number of ether oxygens (including phenoxy) is 1. The fourth-order valence-electron chi connectivity index (χ4n) is 3.89. The van der Waals surface area contributed by atoms with E-state index in [9.17, 15) is 20.0 Å². The molecule has 2 aliphatic rings. The summed E-state index contributed by atoms with van der Waals surface area (Å²) in [5, 5.41) is 25.5. The van der Waals surface area contributed by atoms with Crippen LogP contribution in [-0.4, -0.2) is 52.3 Å². The highest BCUT2D eigenvalue weighted by molar-refractivity contribution is 5.95. The van der Waals surface area contributed by atoms with Gasteiger partial charge in [0, 0.05) is 35.7 Å². The van der Waals surface area contributed by atoms with Gasteiger partial charge in [0.2, 0.25) is 5.43 Å². The lowest BCUT2D eigenvalue weighted by Crippen LogP contribution is -2.49. The van der Waals surface area contributed by atoms with Crippen LogP contribution in [0.15, 0.2) is 28.4 Å². The number of esters is 1. The van der Waals surface area contributed by atoms with Crippen molar-refractivity contribution in [3.05, 3.63) is 50.3 Å². The number of rotatable bonds is 4. The van der Waals surface area contributed by atoms with Gasteiger partial charge in [-0.25, -0.2) is 9.18 Å². The van der Waals surface area contributed by atoms with Crippen LogP contribution in [0.1, 0.15) is 50.0 Å². The van der Waals surface area contributed by atoms with Crippen molar-refractivity contribution in [3.63, 3.8) is 0 Å². The van der Waals surface area contributed by atoms with Crippen molar-refractivity contribution in [2.75, 3.05) is 31.1 Å². The zero-order valence-corrected chi connectivity index (χ0v) is 18.2. The summed E-state index contributed by atoms with van der Waals surface area (Å²) in [6, 6.07) is 2.91. The van der Waals surface area contributed by atoms with Crippen LogP contribution >= 0.6 is 0 Å². The molecule has 4 rings (SSSR count). The molecule has 11 heteroatoms. The first-order chi connectivity index (χ1) is 15.1. The molecule has 0 unspecified atom stereocenters. The van der Waals surface area contributed by atoms with Gasteiger partial charge >= 0.3 is 5.97 Å². The number of nitrogens with zero attached hydrogens (tertiary/aromatic N) is 5. The molecular weight excluding hydrogens is 421 g/mol. The van der Waals surface area contributed by atoms with Crippen molar-refractivity contribution in [3.8, 4) is 0 Å². The summed E-state index contributed by atoms with van der Waals surface area (Å²) in [7, 11) is 0. The number of fused-ring (bicyclic) bond motifs is 1. The van der Waals surface area contributed by atoms with E-state index in [2.05, 4.69) is 5.28 Å². The summed E-state index contributed by atoms with van der Waals surface area (Å²) >= 11 is 0. The van der Waals surface area contributed by atoms with E-state index >= 15 is 4.39 Å². The summed E-state index contributed by atoms with van der Waals surface area (Å²) in [6.07, 6.45) is 3.31. The molecule has 0 atom stereocenters. The van der Waals surface area contributed by atoms with Gasteiger partial charge in [-0.1, -0.05) is 0 Å². The van der Waals surface area contributed by atoms with Gasteiger partial charge in [0.1, 0.15) is 17.0 Å². The Morgan fingerprint density at radius 3 is 2.44 bits per heavy atom. The van der Waals surface area contributed by atoms with Crippen LogP contribution in [0.2, 0.25) is 0 Å². The van der Waals surface area contributed by atoms with Crippen LogP contribution < -0.4 is 10.3 Å². The number of hydrogen-bond acceptors (Lipinski definition) is 7. The molecule has 1 saturated heterocycles. The van der Waals surface area contributed by atoms with Gasteiger partial charge in [0.05, 0.1) is 24.3 Å². The van der Waals surface area contributed by atoms with Gasteiger partial charge in [0.15, 0.2) is 0 Å². The van der Waals surface area contributed by atoms with Gasteiger partial charge in [-0.3, -0.25) is 4.79 Å². The number of carbonyl (C=O) groups is 1. The minimum absolute atomic E-state index is 0.00293. The summed E-state index contributed by atoms with van der Waals surface area (Å²) in [6.45, 7) is 6.18. The minimum Gasteiger partial charge on any atom is -0.737 e. The van der Waals surface area contributed by atoms with Gasteiger partial charge in [-0.15, -0.1) is 5.01 Å². The molecule has 10 nitrogen and oxygen atoms in total. The zero-order valence-electron chi connectivity index (χ0n) is 18.2. The first kappa shape index (κ1) is 21.8. The number of pyridine rings is 1. The lowest BCUT2D eigenvalue weighted by Gasteiger charge is -2.33. The van der Waals surface area contributed by atoms with Crippen molar-refractivity contribution in [2.45, 2.75) is 45.3 Å². The van der Waals surface area contributed by atoms with Crippen molar-refractivity contribution in [1.82, 2.24) is 9.58 Å². The Balaban J connectivity index is 1.74. The SMILES string of the molecule is CC(C)(C)OC(=O)c1cn(C2CC2)c2cc(N3CCN(/[N+]([O-])=N/[O-])CC3)c(F)cc2c1=O. The summed E-state index contributed by atoms with van der Waals surface area (Å²) in [5.41, 5.74) is -0.604. The average Bonchev–Trinajstić information content (AvgIpc) is 3.57. The second-order valence-corrected chi connectivity index (χ2v) is 9.11. The molecule has 2 fully saturated rings. The quantitative estimate of drug-likeness (QED) is 0.307. The van der Waals surface area contributed by atoms with Crippen LogP contribution in [-0.2, 0) is 4.74 Å². The highest BCUT2D eigenvalue weighted by atomic mass is 19.1. The first-order valence-electron chi connectivity index (χ1n) is 10.5. The van der Waals surface area contributed by atoms with E-state index in [1.54, 1.807) is 31.7 Å². The van der Waals surface area contributed by atoms with Gasteiger partial charge < -0.3 is 24.6 Å². The first-order valence-corrected chi connectivity index (χ1v) is 10.5. The lowest BCUT2D eigenvalue weighted by molar-refractivity contribution is -0.690. The predicted molar refractivity (Wildman–Crippen MR) is 115 cm³/mol. The molecule has 1 saturated carbocycles. The van der Waals surface area contributed by atoms with Gasteiger partial charge in [0.25, 0.3) is 0 Å². The Kier molecular flexibility index (Phi) is 5.43. The standard InChI is InChI=1S/C21H26FN5O5/c1-21(2,3)32-20(29)15-12-26(13-4-5-13)17-11-18(16(22)10-14(17)19(15)28)24-6-8-25(9-7-24)27(31)23-30/h10-13,30H,4-9H2,1-3H3/p-1/b27-23-.